The minimum atomic E-state index is -0.422. The fraction of sp³-hybridized carbons (Fsp3) is 0.320. The average Bonchev–Trinajstić information content (AvgIpc) is 3.39. The van der Waals surface area contributed by atoms with Crippen LogP contribution in [0.2, 0.25) is 0 Å². The Morgan fingerprint density at radius 1 is 1.19 bits per heavy atom. The SMILES string of the molecule is COc1ccc([C@H](NC(=O)[C@H]2CC(=O)N(Cc3ccc(C)cc3)C2)c2nccn2C)cc1. The topological polar surface area (TPSA) is 76.5 Å². The van der Waals surface area contributed by atoms with E-state index in [1.54, 1.807) is 18.2 Å². The summed E-state index contributed by atoms with van der Waals surface area (Å²) in [5.74, 6) is 0.933. The normalized spacial score (nSPS) is 16.8. The summed E-state index contributed by atoms with van der Waals surface area (Å²) < 4.78 is 7.14. The highest BCUT2D eigenvalue weighted by molar-refractivity contribution is 5.89. The lowest BCUT2D eigenvalue weighted by atomic mass is 10.0. The van der Waals surface area contributed by atoms with Gasteiger partial charge in [-0.3, -0.25) is 9.59 Å². The number of benzene rings is 2. The molecular weight excluding hydrogens is 404 g/mol. The van der Waals surface area contributed by atoms with Crippen LogP contribution in [0.15, 0.2) is 60.9 Å². The summed E-state index contributed by atoms with van der Waals surface area (Å²) in [6, 6.07) is 15.3. The largest absolute Gasteiger partial charge is 0.497 e. The number of aromatic nitrogens is 2. The zero-order valence-electron chi connectivity index (χ0n) is 18.6. The van der Waals surface area contributed by atoms with Crippen molar-refractivity contribution in [3.8, 4) is 5.75 Å². The number of hydrogen-bond acceptors (Lipinski definition) is 4. The van der Waals surface area contributed by atoms with Gasteiger partial charge in [0.25, 0.3) is 0 Å². The number of carbonyl (C=O) groups excluding carboxylic acids is 2. The third-order valence-electron chi connectivity index (χ3n) is 5.93. The third kappa shape index (κ3) is 4.66. The minimum absolute atomic E-state index is 0.00344. The van der Waals surface area contributed by atoms with Crippen LogP contribution in [0.4, 0.5) is 0 Å². The van der Waals surface area contributed by atoms with E-state index in [2.05, 4.69) is 10.3 Å². The van der Waals surface area contributed by atoms with E-state index >= 15 is 0 Å². The third-order valence-corrected chi connectivity index (χ3v) is 5.93. The molecule has 166 valence electrons. The second kappa shape index (κ2) is 9.26. The molecule has 7 nitrogen and oxygen atoms in total. The van der Waals surface area contributed by atoms with Crippen LogP contribution < -0.4 is 10.1 Å². The first-order valence-electron chi connectivity index (χ1n) is 10.7. The number of amides is 2. The zero-order chi connectivity index (χ0) is 22.7. The molecule has 1 N–H and O–H groups in total. The second-order valence-electron chi connectivity index (χ2n) is 8.27. The van der Waals surface area contributed by atoms with Crippen LogP contribution in [0.5, 0.6) is 5.75 Å². The van der Waals surface area contributed by atoms with Gasteiger partial charge >= 0.3 is 0 Å². The van der Waals surface area contributed by atoms with Crippen molar-refractivity contribution in [3.63, 3.8) is 0 Å². The number of aryl methyl sites for hydroxylation is 2. The van der Waals surface area contributed by atoms with E-state index in [1.807, 2.05) is 73.3 Å². The molecule has 0 saturated carbocycles. The maximum absolute atomic E-state index is 13.2. The molecule has 1 aliphatic heterocycles. The number of methoxy groups -OCH3 is 1. The number of nitrogens with zero attached hydrogens (tertiary/aromatic N) is 3. The van der Waals surface area contributed by atoms with E-state index in [-0.39, 0.29) is 18.2 Å². The zero-order valence-corrected chi connectivity index (χ0v) is 18.6. The predicted octanol–water partition coefficient (Wildman–Crippen LogP) is 2.99. The Bertz CT molecular complexity index is 1090. The number of ether oxygens (including phenoxy) is 1. The Kier molecular flexibility index (Phi) is 6.25. The summed E-state index contributed by atoms with van der Waals surface area (Å²) in [5.41, 5.74) is 3.14. The molecule has 2 heterocycles. The van der Waals surface area contributed by atoms with Crippen LogP contribution >= 0.6 is 0 Å². The van der Waals surface area contributed by atoms with Crippen molar-refractivity contribution >= 4 is 11.8 Å². The van der Waals surface area contributed by atoms with Gasteiger partial charge < -0.3 is 19.5 Å². The van der Waals surface area contributed by atoms with Gasteiger partial charge in [-0.25, -0.2) is 4.98 Å². The highest BCUT2D eigenvalue weighted by Gasteiger charge is 2.35. The van der Waals surface area contributed by atoms with Crippen LogP contribution in [0.3, 0.4) is 0 Å². The summed E-state index contributed by atoms with van der Waals surface area (Å²) in [7, 11) is 3.51. The first-order valence-corrected chi connectivity index (χ1v) is 10.7. The van der Waals surface area contributed by atoms with E-state index in [9.17, 15) is 9.59 Å². The number of hydrogen-bond donors (Lipinski definition) is 1. The van der Waals surface area contributed by atoms with Gasteiger partial charge in [0.1, 0.15) is 17.6 Å². The molecular formula is C25H28N4O3. The Morgan fingerprint density at radius 2 is 1.91 bits per heavy atom. The van der Waals surface area contributed by atoms with E-state index in [0.717, 1.165) is 22.7 Å². The minimum Gasteiger partial charge on any atom is -0.497 e. The average molecular weight is 433 g/mol. The maximum Gasteiger partial charge on any atom is 0.226 e. The smallest absolute Gasteiger partial charge is 0.226 e. The van der Waals surface area contributed by atoms with Gasteiger partial charge in [-0.2, -0.15) is 0 Å². The van der Waals surface area contributed by atoms with Crippen molar-refractivity contribution < 1.29 is 14.3 Å². The Balaban J connectivity index is 1.48. The van der Waals surface area contributed by atoms with Gasteiger partial charge in [-0.05, 0) is 30.2 Å². The molecule has 4 rings (SSSR count). The van der Waals surface area contributed by atoms with Crippen LogP contribution in [0, 0.1) is 12.8 Å². The summed E-state index contributed by atoms with van der Waals surface area (Å²) in [6.07, 6.45) is 3.77. The predicted molar refractivity (Wildman–Crippen MR) is 121 cm³/mol. The maximum atomic E-state index is 13.2. The molecule has 1 saturated heterocycles. The molecule has 1 fully saturated rings. The van der Waals surface area contributed by atoms with Crippen LogP contribution in [0.1, 0.15) is 35.0 Å². The Morgan fingerprint density at radius 3 is 2.53 bits per heavy atom. The molecule has 0 aliphatic carbocycles. The van der Waals surface area contributed by atoms with Gasteiger partial charge in [-0.15, -0.1) is 0 Å². The molecule has 2 amide bonds. The van der Waals surface area contributed by atoms with Crippen LogP contribution in [-0.4, -0.2) is 39.9 Å². The van der Waals surface area contributed by atoms with E-state index in [4.69, 9.17) is 4.74 Å². The molecule has 1 aromatic heterocycles. The van der Waals surface area contributed by atoms with E-state index in [1.165, 1.54) is 5.56 Å². The molecule has 0 bridgehead atoms. The quantitative estimate of drug-likeness (QED) is 0.623. The number of carbonyl (C=O) groups is 2. The van der Waals surface area contributed by atoms with Crippen LogP contribution in [-0.2, 0) is 23.2 Å². The highest BCUT2D eigenvalue weighted by atomic mass is 16.5. The molecule has 2 aromatic carbocycles. The lowest BCUT2D eigenvalue weighted by Gasteiger charge is -2.22. The highest BCUT2D eigenvalue weighted by Crippen LogP contribution is 2.26. The first kappa shape index (κ1) is 21.6. The second-order valence-corrected chi connectivity index (χ2v) is 8.27. The molecule has 0 radical (unpaired) electrons. The molecule has 1 aliphatic rings. The first-order chi connectivity index (χ1) is 15.4. The molecule has 32 heavy (non-hydrogen) atoms. The van der Waals surface area contributed by atoms with Crippen molar-refractivity contribution in [1.29, 1.82) is 0 Å². The standard InChI is InChI=1S/C25H28N4O3/c1-17-4-6-18(7-5-17)15-29-16-20(14-22(29)30)25(31)27-23(24-26-12-13-28(24)2)19-8-10-21(32-3)11-9-19/h4-13,20,23H,14-16H2,1-3H3,(H,27,31)/t20-,23-/m0/s1. The number of rotatable bonds is 7. The van der Waals surface area contributed by atoms with E-state index in [0.29, 0.717) is 13.1 Å². The lowest BCUT2D eigenvalue weighted by molar-refractivity contribution is -0.129. The van der Waals surface area contributed by atoms with Crippen molar-refractivity contribution in [2.24, 2.45) is 13.0 Å². The monoisotopic (exact) mass is 432 g/mol. The fourth-order valence-electron chi connectivity index (χ4n) is 4.02. The molecule has 0 spiro atoms. The Hall–Kier alpha value is -3.61. The van der Waals surface area contributed by atoms with E-state index < -0.39 is 12.0 Å². The number of imidazole rings is 1. The molecule has 7 heteroatoms. The van der Waals surface area contributed by atoms with Crippen molar-refractivity contribution in [2.45, 2.75) is 25.9 Å². The van der Waals surface area contributed by atoms with Gasteiger partial charge in [-0.1, -0.05) is 42.0 Å². The van der Waals surface area contributed by atoms with Crippen molar-refractivity contribution in [3.05, 3.63) is 83.4 Å². The van der Waals surface area contributed by atoms with Gasteiger partial charge in [0.2, 0.25) is 11.8 Å². The van der Waals surface area contributed by atoms with Crippen LogP contribution in [0.25, 0.3) is 0 Å². The summed E-state index contributed by atoms with van der Waals surface area (Å²) in [4.78, 5) is 32.0. The molecule has 3 aromatic rings. The summed E-state index contributed by atoms with van der Waals surface area (Å²) in [5, 5.41) is 3.13. The number of likely N-dealkylation sites (tertiary alicyclic amines) is 1. The Labute approximate surface area is 188 Å². The molecule has 2 atom stereocenters. The number of nitrogens with one attached hydrogen (secondary N) is 1. The molecule has 0 unspecified atom stereocenters. The fourth-order valence-corrected chi connectivity index (χ4v) is 4.02. The lowest BCUT2D eigenvalue weighted by Crippen LogP contribution is -2.37. The van der Waals surface area contributed by atoms with Crippen molar-refractivity contribution in [1.82, 2.24) is 19.8 Å². The van der Waals surface area contributed by atoms with Crippen molar-refractivity contribution in [2.75, 3.05) is 13.7 Å². The van der Waals surface area contributed by atoms with Gasteiger partial charge in [0.05, 0.1) is 13.0 Å². The summed E-state index contributed by atoms with van der Waals surface area (Å²) in [6.45, 7) is 2.96. The summed E-state index contributed by atoms with van der Waals surface area (Å²) >= 11 is 0. The van der Waals surface area contributed by atoms with Gasteiger partial charge in [0, 0.05) is 39.0 Å². The van der Waals surface area contributed by atoms with Gasteiger partial charge in [0.15, 0.2) is 0 Å².